The molecule has 1 atom stereocenters. The second-order valence-corrected chi connectivity index (χ2v) is 8.31. The normalized spacial score (nSPS) is 12.6. The first-order chi connectivity index (χ1) is 17.6. The van der Waals surface area contributed by atoms with Crippen LogP contribution in [0.15, 0.2) is 78.3 Å². The van der Waals surface area contributed by atoms with E-state index in [1.807, 2.05) is 37.3 Å². The molecular weight excluding hydrogens is 472 g/mol. The maximum Gasteiger partial charge on any atom is 0.397 e. The van der Waals surface area contributed by atoms with E-state index in [0.717, 1.165) is 5.56 Å². The van der Waals surface area contributed by atoms with Crippen LogP contribution in [0.1, 0.15) is 49.9 Å². The van der Waals surface area contributed by atoms with E-state index in [1.54, 1.807) is 32.9 Å². The second kappa shape index (κ2) is 13.7. The summed E-state index contributed by atoms with van der Waals surface area (Å²) in [4.78, 5) is 36.7. The van der Waals surface area contributed by atoms with E-state index >= 15 is 0 Å². The van der Waals surface area contributed by atoms with Crippen LogP contribution in [0.5, 0.6) is 5.75 Å². The number of nitrogens with one attached hydrogen (secondary N) is 2. The lowest BCUT2D eigenvalue weighted by Gasteiger charge is -2.19. The van der Waals surface area contributed by atoms with Crippen LogP contribution in [-0.2, 0) is 19.1 Å². The Balaban J connectivity index is 2.27. The highest BCUT2D eigenvalue weighted by Gasteiger charge is 2.19. The van der Waals surface area contributed by atoms with E-state index < -0.39 is 17.8 Å². The largest absolute Gasteiger partial charge is 0.512 e. The Hall–Kier alpha value is -4.33. The number of hydrogen-bond acceptors (Lipinski definition) is 6. The highest BCUT2D eigenvalue weighted by Crippen LogP contribution is 2.29. The Morgan fingerprint density at radius 1 is 1.05 bits per heavy atom. The van der Waals surface area contributed by atoms with Gasteiger partial charge in [0, 0.05) is 5.69 Å². The van der Waals surface area contributed by atoms with Crippen molar-refractivity contribution >= 4 is 23.5 Å². The lowest BCUT2D eigenvalue weighted by Crippen LogP contribution is -2.29. The van der Waals surface area contributed by atoms with E-state index in [0.29, 0.717) is 29.0 Å². The number of esters is 1. The number of benzene rings is 2. The number of aliphatic hydroxyl groups is 1. The number of carbonyl (C=O) groups is 3. The minimum Gasteiger partial charge on any atom is -0.512 e. The van der Waals surface area contributed by atoms with Crippen molar-refractivity contribution in [2.45, 2.75) is 47.1 Å². The van der Waals surface area contributed by atoms with Gasteiger partial charge < -0.3 is 25.2 Å². The Morgan fingerprint density at radius 2 is 1.68 bits per heavy atom. The summed E-state index contributed by atoms with van der Waals surface area (Å²) < 4.78 is 10.7. The summed E-state index contributed by atoms with van der Waals surface area (Å²) in [6.45, 7) is 12.4. The van der Waals surface area contributed by atoms with Gasteiger partial charge in [-0.1, -0.05) is 43.8 Å². The number of ether oxygens (including phenoxy) is 2. The molecule has 0 radical (unpaired) electrons. The van der Waals surface area contributed by atoms with Crippen molar-refractivity contribution < 1.29 is 29.0 Å². The fourth-order valence-electron chi connectivity index (χ4n) is 3.63. The maximum absolute atomic E-state index is 13.1. The van der Waals surface area contributed by atoms with Crippen molar-refractivity contribution in [3.63, 3.8) is 0 Å². The van der Waals surface area contributed by atoms with Crippen LogP contribution >= 0.6 is 0 Å². The molecular formula is C29H34N2O6. The van der Waals surface area contributed by atoms with Crippen LogP contribution in [0.4, 0.5) is 5.69 Å². The minimum atomic E-state index is -0.968. The van der Waals surface area contributed by atoms with Gasteiger partial charge >= 0.3 is 11.9 Å². The molecule has 0 aliphatic heterocycles. The molecule has 3 N–H and O–H groups in total. The summed E-state index contributed by atoms with van der Waals surface area (Å²) >= 11 is 0. The molecule has 8 heteroatoms. The third-order valence-electron chi connectivity index (χ3n) is 5.44. The molecule has 2 aromatic carbocycles. The average Bonchev–Trinajstić information content (AvgIpc) is 2.86. The molecule has 0 aliphatic rings. The van der Waals surface area contributed by atoms with Crippen molar-refractivity contribution in [1.29, 1.82) is 0 Å². The standard InChI is InChI=1S/C29H34N2O6/c1-7-23(17-24(20(6)32)27(33)31-25(8-2)21-13-11-10-12-14-21)37-26-18(4)15-22(16-19(26)5)30-28(34)29(35)36-9-3/h7,10-17,25,32H,1,8-9H2,2-6H3,(H,30,34)(H,31,33)/b23-17+,24-20-. The summed E-state index contributed by atoms with van der Waals surface area (Å²) in [5.41, 5.74) is 2.73. The SMILES string of the molecule is C=C/C(=C\C(C(=O)NC(CC)c1ccccc1)=C(/C)O)Oc1c(C)cc(NC(=O)C(=O)OCC)cc1C. The fraction of sp³-hybridized carbons (Fsp3) is 0.276. The lowest BCUT2D eigenvalue weighted by molar-refractivity contribution is -0.152. The van der Waals surface area contributed by atoms with E-state index in [4.69, 9.17) is 9.47 Å². The zero-order chi connectivity index (χ0) is 27.5. The van der Waals surface area contributed by atoms with Crippen LogP contribution in [0.2, 0.25) is 0 Å². The summed E-state index contributed by atoms with van der Waals surface area (Å²) in [6.07, 6.45) is 3.52. The predicted molar refractivity (Wildman–Crippen MR) is 143 cm³/mol. The van der Waals surface area contributed by atoms with Crippen molar-refractivity contribution in [2.75, 3.05) is 11.9 Å². The van der Waals surface area contributed by atoms with Crippen molar-refractivity contribution in [2.24, 2.45) is 0 Å². The summed E-state index contributed by atoms with van der Waals surface area (Å²) in [7, 11) is 0. The molecule has 0 saturated carbocycles. The molecule has 37 heavy (non-hydrogen) atoms. The molecule has 2 aromatic rings. The molecule has 0 aliphatic carbocycles. The van der Waals surface area contributed by atoms with Crippen molar-refractivity contribution in [1.82, 2.24) is 5.32 Å². The van der Waals surface area contributed by atoms with Gasteiger partial charge in [0.25, 0.3) is 5.91 Å². The van der Waals surface area contributed by atoms with Gasteiger partial charge in [-0.05, 0) is 75.1 Å². The van der Waals surface area contributed by atoms with Crippen LogP contribution < -0.4 is 15.4 Å². The van der Waals surface area contributed by atoms with Gasteiger partial charge in [-0.3, -0.25) is 9.59 Å². The highest BCUT2D eigenvalue weighted by atomic mass is 16.5. The van der Waals surface area contributed by atoms with E-state index in [2.05, 4.69) is 17.2 Å². The molecule has 2 amide bonds. The topological polar surface area (TPSA) is 114 Å². The third-order valence-corrected chi connectivity index (χ3v) is 5.44. The Labute approximate surface area is 217 Å². The zero-order valence-electron chi connectivity index (χ0n) is 21.9. The van der Waals surface area contributed by atoms with E-state index in [1.165, 1.54) is 19.1 Å². The Morgan fingerprint density at radius 3 is 2.19 bits per heavy atom. The average molecular weight is 507 g/mol. The van der Waals surface area contributed by atoms with Crippen LogP contribution in [0.3, 0.4) is 0 Å². The molecule has 196 valence electrons. The molecule has 0 bridgehead atoms. The molecule has 8 nitrogen and oxygen atoms in total. The number of aliphatic hydroxyl groups excluding tert-OH is 1. The molecule has 0 heterocycles. The van der Waals surface area contributed by atoms with E-state index in [-0.39, 0.29) is 29.7 Å². The number of hydrogen-bond donors (Lipinski definition) is 3. The summed E-state index contributed by atoms with van der Waals surface area (Å²) in [6, 6.07) is 12.6. The summed E-state index contributed by atoms with van der Waals surface area (Å²) in [5, 5.41) is 15.7. The zero-order valence-corrected chi connectivity index (χ0v) is 21.9. The second-order valence-electron chi connectivity index (χ2n) is 8.31. The van der Waals surface area contributed by atoms with Gasteiger partial charge in [0.1, 0.15) is 17.3 Å². The number of aryl methyl sites for hydroxylation is 2. The molecule has 2 rings (SSSR count). The van der Waals surface area contributed by atoms with Crippen molar-refractivity contribution in [3.8, 4) is 5.75 Å². The molecule has 0 aromatic heterocycles. The maximum atomic E-state index is 13.1. The predicted octanol–water partition coefficient (Wildman–Crippen LogP) is 5.35. The van der Waals surface area contributed by atoms with E-state index in [9.17, 15) is 19.5 Å². The van der Waals surface area contributed by atoms with Crippen LogP contribution in [0.25, 0.3) is 0 Å². The first-order valence-electron chi connectivity index (χ1n) is 12.0. The van der Waals surface area contributed by atoms with Gasteiger partial charge in [-0.2, -0.15) is 0 Å². The highest BCUT2D eigenvalue weighted by molar-refractivity contribution is 6.37. The Bertz CT molecular complexity index is 1190. The molecule has 0 spiro atoms. The smallest absolute Gasteiger partial charge is 0.397 e. The number of anilines is 1. The van der Waals surface area contributed by atoms with Crippen LogP contribution in [0, 0.1) is 13.8 Å². The van der Waals surface area contributed by atoms with Crippen molar-refractivity contribution in [3.05, 3.63) is 95.0 Å². The first kappa shape index (κ1) is 28.9. The van der Waals surface area contributed by atoms with Gasteiger partial charge in [-0.25, -0.2) is 4.79 Å². The fourth-order valence-corrected chi connectivity index (χ4v) is 3.63. The van der Waals surface area contributed by atoms with Gasteiger partial charge in [0.05, 0.1) is 18.2 Å². The number of allylic oxidation sites excluding steroid dienone is 2. The molecule has 1 unspecified atom stereocenters. The quantitative estimate of drug-likeness (QED) is 0.132. The number of rotatable bonds is 10. The minimum absolute atomic E-state index is 0.0397. The first-order valence-corrected chi connectivity index (χ1v) is 12.0. The van der Waals surface area contributed by atoms with Gasteiger partial charge in [-0.15, -0.1) is 0 Å². The number of amides is 2. The third kappa shape index (κ3) is 8.10. The van der Waals surface area contributed by atoms with Gasteiger partial charge in [0.2, 0.25) is 0 Å². The molecule has 0 fully saturated rings. The monoisotopic (exact) mass is 506 g/mol. The lowest BCUT2D eigenvalue weighted by atomic mass is 10.0. The van der Waals surface area contributed by atoms with Crippen LogP contribution in [-0.4, -0.2) is 29.5 Å². The van der Waals surface area contributed by atoms with Gasteiger partial charge in [0.15, 0.2) is 0 Å². The Kier molecular flexibility index (Phi) is 10.7. The molecule has 0 saturated heterocycles. The summed E-state index contributed by atoms with van der Waals surface area (Å²) in [5.74, 6) is -1.75. The number of carbonyl (C=O) groups excluding carboxylic acids is 3.